The fourth-order valence-corrected chi connectivity index (χ4v) is 3.05. The lowest BCUT2D eigenvalue weighted by Crippen LogP contribution is -2.62. The minimum Gasteiger partial charge on any atom is -0.346 e. The van der Waals surface area contributed by atoms with E-state index in [9.17, 15) is 9.18 Å². The van der Waals surface area contributed by atoms with Gasteiger partial charge in [0.25, 0.3) is 0 Å². The van der Waals surface area contributed by atoms with Crippen LogP contribution in [0.5, 0.6) is 0 Å². The van der Waals surface area contributed by atoms with Gasteiger partial charge in [-0.3, -0.25) is 4.79 Å². The minimum absolute atomic E-state index is 0.0273. The number of carbonyl (C=O) groups is 1. The highest BCUT2D eigenvalue weighted by atomic mass is 19.1. The van der Waals surface area contributed by atoms with Crippen molar-refractivity contribution in [2.75, 3.05) is 6.54 Å². The van der Waals surface area contributed by atoms with Gasteiger partial charge in [-0.25, -0.2) is 4.39 Å². The molecule has 96 valence electrons. The highest BCUT2D eigenvalue weighted by Gasteiger charge is 2.44. The van der Waals surface area contributed by atoms with Crippen LogP contribution in [0.25, 0.3) is 0 Å². The highest BCUT2D eigenvalue weighted by molar-refractivity contribution is 5.87. The Labute approximate surface area is 106 Å². The van der Waals surface area contributed by atoms with Crippen molar-refractivity contribution in [3.8, 4) is 0 Å². The molecule has 2 N–H and O–H groups in total. The van der Waals surface area contributed by atoms with Crippen LogP contribution in [0, 0.1) is 5.82 Å². The predicted octanol–water partition coefficient (Wildman–Crippen LogP) is 1.90. The highest BCUT2D eigenvalue weighted by Crippen LogP contribution is 2.33. The molecule has 1 aromatic carbocycles. The van der Waals surface area contributed by atoms with Crippen molar-refractivity contribution in [1.82, 2.24) is 10.6 Å². The topological polar surface area (TPSA) is 41.1 Å². The fraction of sp³-hybridized carbons (Fsp3) is 0.500. The number of nitrogens with one attached hydrogen (secondary N) is 2. The zero-order chi connectivity index (χ0) is 12.6. The van der Waals surface area contributed by atoms with Crippen molar-refractivity contribution in [3.05, 3.63) is 35.6 Å². The maximum atomic E-state index is 13.7. The number of hydrogen-bond donors (Lipinski definition) is 2. The summed E-state index contributed by atoms with van der Waals surface area (Å²) in [5, 5.41) is 6.31. The summed E-state index contributed by atoms with van der Waals surface area (Å²) < 4.78 is 13.7. The van der Waals surface area contributed by atoms with Gasteiger partial charge in [-0.2, -0.15) is 0 Å². The van der Waals surface area contributed by atoms with E-state index in [1.165, 1.54) is 6.07 Å². The molecule has 1 amide bonds. The smallest absolute Gasteiger partial charge is 0.240 e. The first-order valence-corrected chi connectivity index (χ1v) is 6.52. The molecule has 0 radical (unpaired) electrons. The summed E-state index contributed by atoms with van der Waals surface area (Å²) in [7, 11) is 0. The van der Waals surface area contributed by atoms with Gasteiger partial charge < -0.3 is 10.6 Å². The van der Waals surface area contributed by atoms with Crippen LogP contribution in [0.15, 0.2) is 24.3 Å². The van der Waals surface area contributed by atoms with Gasteiger partial charge in [0.05, 0.1) is 11.6 Å². The van der Waals surface area contributed by atoms with Gasteiger partial charge in [0.15, 0.2) is 0 Å². The summed E-state index contributed by atoms with van der Waals surface area (Å²) in [6.07, 6.45) is 3.96. The average Bonchev–Trinajstić information content (AvgIpc) is 2.84. The standard InChI is InChI=1S/C14H17FN2O/c15-11-6-2-1-5-10(11)12-9-16-14(13(18)17-12)7-3-4-8-14/h1-2,5-6,12,16H,3-4,7-9H2,(H,17,18). The lowest BCUT2D eigenvalue weighted by molar-refractivity contribution is -0.130. The molecule has 3 rings (SSSR count). The third-order valence-corrected chi connectivity index (χ3v) is 4.12. The zero-order valence-corrected chi connectivity index (χ0v) is 10.2. The van der Waals surface area contributed by atoms with Gasteiger partial charge in [-0.15, -0.1) is 0 Å². The number of rotatable bonds is 1. The van der Waals surface area contributed by atoms with Crippen LogP contribution in [0.1, 0.15) is 37.3 Å². The quantitative estimate of drug-likeness (QED) is 0.797. The molecule has 0 aromatic heterocycles. The third-order valence-electron chi connectivity index (χ3n) is 4.12. The zero-order valence-electron chi connectivity index (χ0n) is 10.2. The molecule has 1 aliphatic heterocycles. The van der Waals surface area contributed by atoms with Gasteiger partial charge in [0.2, 0.25) is 5.91 Å². The number of benzene rings is 1. The van der Waals surface area contributed by atoms with Gasteiger partial charge in [0.1, 0.15) is 5.82 Å². The van der Waals surface area contributed by atoms with Crippen molar-refractivity contribution in [2.45, 2.75) is 37.3 Å². The molecule has 1 saturated carbocycles. The molecule has 1 atom stereocenters. The molecule has 1 spiro atoms. The Hall–Kier alpha value is -1.42. The second kappa shape index (κ2) is 4.35. The Bertz CT molecular complexity index is 469. The van der Waals surface area contributed by atoms with Crippen LogP contribution in [0.4, 0.5) is 4.39 Å². The Morgan fingerprint density at radius 2 is 1.94 bits per heavy atom. The summed E-state index contributed by atoms with van der Waals surface area (Å²) in [6, 6.07) is 6.36. The van der Waals surface area contributed by atoms with E-state index in [1.54, 1.807) is 18.2 Å². The monoisotopic (exact) mass is 248 g/mol. The molecule has 1 unspecified atom stereocenters. The first-order chi connectivity index (χ1) is 8.71. The molecule has 1 heterocycles. The SMILES string of the molecule is O=C1NC(c2ccccc2F)CNC12CCCC2. The van der Waals surface area contributed by atoms with Crippen molar-refractivity contribution in [3.63, 3.8) is 0 Å². The molecule has 1 saturated heterocycles. The van der Waals surface area contributed by atoms with Crippen LogP contribution >= 0.6 is 0 Å². The molecule has 2 fully saturated rings. The molecule has 18 heavy (non-hydrogen) atoms. The van der Waals surface area contributed by atoms with Crippen LogP contribution in [-0.4, -0.2) is 18.0 Å². The molecule has 2 aliphatic rings. The summed E-state index contributed by atoms with van der Waals surface area (Å²) in [5.41, 5.74) is 0.174. The Kier molecular flexibility index (Phi) is 2.82. The molecule has 3 nitrogen and oxygen atoms in total. The largest absolute Gasteiger partial charge is 0.346 e. The van der Waals surface area contributed by atoms with Gasteiger partial charge in [-0.05, 0) is 18.9 Å². The van der Waals surface area contributed by atoms with Gasteiger partial charge >= 0.3 is 0 Å². The van der Waals surface area contributed by atoms with Crippen molar-refractivity contribution in [1.29, 1.82) is 0 Å². The van der Waals surface area contributed by atoms with Crippen molar-refractivity contribution in [2.24, 2.45) is 0 Å². The summed E-state index contributed by atoms with van der Waals surface area (Å²) >= 11 is 0. The summed E-state index contributed by atoms with van der Waals surface area (Å²) in [4.78, 5) is 12.2. The Balaban J connectivity index is 1.80. The summed E-state index contributed by atoms with van der Waals surface area (Å²) in [5.74, 6) is -0.230. The molecular formula is C14H17FN2O. The number of amides is 1. The van der Waals surface area contributed by atoms with E-state index in [1.807, 2.05) is 0 Å². The maximum absolute atomic E-state index is 13.7. The normalized spacial score (nSPS) is 26.3. The molecule has 0 bridgehead atoms. The van der Waals surface area contributed by atoms with Crippen molar-refractivity contribution < 1.29 is 9.18 Å². The van der Waals surface area contributed by atoms with E-state index in [-0.39, 0.29) is 23.3 Å². The number of carbonyl (C=O) groups excluding carboxylic acids is 1. The van der Waals surface area contributed by atoms with Crippen LogP contribution in [-0.2, 0) is 4.79 Å². The Morgan fingerprint density at radius 1 is 1.22 bits per heavy atom. The van der Waals surface area contributed by atoms with E-state index in [0.29, 0.717) is 12.1 Å². The number of halogens is 1. The van der Waals surface area contributed by atoms with Crippen molar-refractivity contribution >= 4 is 5.91 Å². The molecule has 1 aromatic rings. The molecular weight excluding hydrogens is 231 g/mol. The van der Waals surface area contributed by atoms with E-state index in [4.69, 9.17) is 0 Å². The second-order valence-corrected chi connectivity index (χ2v) is 5.22. The first kappa shape index (κ1) is 11.7. The first-order valence-electron chi connectivity index (χ1n) is 6.52. The van der Waals surface area contributed by atoms with Gasteiger partial charge in [-0.1, -0.05) is 31.0 Å². The van der Waals surface area contributed by atoms with Crippen LogP contribution < -0.4 is 10.6 Å². The summed E-state index contributed by atoms with van der Waals surface area (Å²) in [6.45, 7) is 0.604. The lowest BCUT2D eigenvalue weighted by Gasteiger charge is -2.38. The van der Waals surface area contributed by atoms with E-state index in [2.05, 4.69) is 10.6 Å². The second-order valence-electron chi connectivity index (χ2n) is 5.22. The average molecular weight is 248 g/mol. The molecule has 4 heteroatoms. The third kappa shape index (κ3) is 1.81. The maximum Gasteiger partial charge on any atom is 0.240 e. The van der Waals surface area contributed by atoms with Crippen LogP contribution in [0.2, 0.25) is 0 Å². The predicted molar refractivity (Wildman–Crippen MR) is 66.5 cm³/mol. The number of hydrogen-bond acceptors (Lipinski definition) is 2. The number of piperazine rings is 1. The molecule has 1 aliphatic carbocycles. The Morgan fingerprint density at radius 3 is 2.61 bits per heavy atom. The fourth-order valence-electron chi connectivity index (χ4n) is 3.05. The van der Waals surface area contributed by atoms with Gasteiger partial charge in [0, 0.05) is 12.1 Å². The minimum atomic E-state index is -0.387. The van der Waals surface area contributed by atoms with Crippen LogP contribution in [0.3, 0.4) is 0 Å². The lowest BCUT2D eigenvalue weighted by atomic mass is 9.91. The van der Waals surface area contributed by atoms with E-state index >= 15 is 0 Å². The van der Waals surface area contributed by atoms with E-state index < -0.39 is 0 Å². The van der Waals surface area contributed by atoms with E-state index in [0.717, 1.165) is 25.7 Å².